The zero-order valence-electron chi connectivity index (χ0n) is 18.4. The first kappa shape index (κ1) is 21.3. The van der Waals surface area contributed by atoms with Crippen LogP contribution in [0.15, 0.2) is 52.4 Å². The van der Waals surface area contributed by atoms with Crippen molar-refractivity contribution in [1.29, 1.82) is 0 Å². The third-order valence-electron chi connectivity index (χ3n) is 6.69. The van der Waals surface area contributed by atoms with Crippen molar-refractivity contribution in [2.45, 2.75) is 30.7 Å². The van der Waals surface area contributed by atoms with Crippen LogP contribution in [0.3, 0.4) is 0 Å². The number of piperidine rings is 1. The molecule has 1 N–H and O–H groups in total. The Morgan fingerprint density at radius 1 is 1.03 bits per heavy atom. The van der Waals surface area contributed by atoms with Crippen LogP contribution in [0.5, 0.6) is 0 Å². The molecule has 1 fully saturated rings. The molecule has 0 radical (unpaired) electrons. The largest absolute Gasteiger partial charge is 0.341 e. The van der Waals surface area contributed by atoms with Gasteiger partial charge in [-0.05, 0) is 54.8 Å². The third-order valence-corrected chi connectivity index (χ3v) is 8.15. The Morgan fingerprint density at radius 2 is 1.85 bits per heavy atom. The van der Waals surface area contributed by atoms with Crippen molar-refractivity contribution in [3.8, 4) is 0 Å². The number of aliphatic imine (C=N–C) groups is 1. The van der Waals surface area contributed by atoms with E-state index < -0.39 is 10.8 Å². The Kier molecular flexibility index (Phi) is 5.36. The van der Waals surface area contributed by atoms with Gasteiger partial charge in [0.15, 0.2) is 5.82 Å². The van der Waals surface area contributed by atoms with Crippen LogP contribution in [-0.4, -0.2) is 38.7 Å². The van der Waals surface area contributed by atoms with Crippen LogP contribution < -0.4 is 10.2 Å². The average molecular weight is 480 g/mol. The molecular formula is C25H23F2N5OS. The van der Waals surface area contributed by atoms with Gasteiger partial charge in [-0.15, -0.1) is 0 Å². The third kappa shape index (κ3) is 3.87. The second-order valence-electron chi connectivity index (χ2n) is 8.85. The number of nitrogens with one attached hydrogen (secondary N) is 1. The summed E-state index contributed by atoms with van der Waals surface area (Å²) < 4.78 is 39.9. The number of anilines is 3. The number of nitrogens with zero attached hydrogens (tertiary/aromatic N) is 4. The molecule has 1 unspecified atom stereocenters. The fourth-order valence-electron chi connectivity index (χ4n) is 5.01. The molecule has 6 nitrogen and oxygen atoms in total. The maximum atomic E-state index is 13.7. The topological polar surface area (TPSA) is 70.5 Å². The first-order chi connectivity index (χ1) is 16.5. The number of halogens is 2. The molecule has 0 spiro atoms. The van der Waals surface area contributed by atoms with E-state index in [0.717, 1.165) is 48.5 Å². The summed E-state index contributed by atoms with van der Waals surface area (Å²) in [5.41, 5.74) is 4.45. The highest BCUT2D eigenvalue weighted by molar-refractivity contribution is 7.85. The standard InChI is InChI=1S/C25H23F2N5OS/c26-17-2-1-3-19(13-17)29-24-23-21(8-11-34(23)33)30-25(31-24)32-9-6-15(7-10-32)22-20-5-4-18(27)12-16(20)14-28-22/h1-5,12-13,15H,6-11,14H2,(H,29,30,31). The van der Waals surface area contributed by atoms with Crippen molar-refractivity contribution in [3.05, 3.63) is 70.9 Å². The van der Waals surface area contributed by atoms with Gasteiger partial charge < -0.3 is 10.2 Å². The molecule has 6 rings (SSSR count). The monoisotopic (exact) mass is 479 g/mol. The molecule has 1 aromatic heterocycles. The van der Waals surface area contributed by atoms with Crippen LogP contribution in [0.25, 0.3) is 0 Å². The highest BCUT2D eigenvalue weighted by Crippen LogP contribution is 2.34. The van der Waals surface area contributed by atoms with E-state index in [4.69, 9.17) is 15.0 Å². The number of hydrogen-bond acceptors (Lipinski definition) is 6. The van der Waals surface area contributed by atoms with Crippen LogP contribution >= 0.6 is 0 Å². The van der Waals surface area contributed by atoms with E-state index in [9.17, 15) is 13.0 Å². The van der Waals surface area contributed by atoms with Gasteiger partial charge in [0, 0.05) is 48.1 Å². The maximum Gasteiger partial charge on any atom is 0.227 e. The molecular weight excluding hydrogens is 456 g/mol. The Hall–Kier alpha value is -3.20. The summed E-state index contributed by atoms with van der Waals surface area (Å²) in [6.45, 7) is 2.08. The summed E-state index contributed by atoms with van der Waals surface area (Å²) >= 11 is 0. The molecule has 3 aromatic rings. The predicted molar refractivity (Wildman–Crippen MR) is 128 cm³/mol. The first-order valence-electron chi connectivity index (χ1n) is 11.4. The normalized spacial score (nSPS) is 19.6. The molecule has 3 aliphatic rings. The van der Waals surface area contributed by atoms with Gasteiger partial charge >= 0.3 is 0 Å². The molecule has 174 valence electrons. The van der Waals surface area contributed by atoms with E-state index in [1.54, 1.807) is 18.2 Å². The van der Waals surface area contributed by atoms with Crippen LogP contribution in [0.1, 0.15) is 29.7 Å². The number of hydrogen-bond donors (Lipinski definition) is 1. The molecule has 0 amide bonds. The fourth-order valence-corrected chi connectivity index (χ4v) is 6.32. The Balaban J connectivity index is 1.23. The van der Waals surface area contributed by atoms with Gasteiger partial charge in [0.05, 0.1) is 23.0 Å². The quantitative estimate of drug-likeness (QED) is 0.601. The van der Waals surface area contributed by atoms with E-state index in [0.29, 0.717) is 47.0 Å². The van der Waals surface area contributed by atoms with E-state index in [2.05, 4.69) is 10.2 Å². The minimum absolute atomic E-state index is 0.220. The second kappa shape index (κ2) is 8.54. The SMILES string of the molecule is O=S1CCc2nc(N3CCC(C4=NCc5cc(F)ccc54)CC3)nc(Nc3cccc(F)c3)c21. The van der Waals surface area contributed by atoms with Crippen molar-refractivity contribution >= 4 is 34.0 Å². The Morgan fingerprint density at radius 3 is 2.68 bits per heavy atom. The second-order valence-corrected chi connectivity index (χ2v) is 10.4. The van der Waals surface area contributed by atoms with E-state index >= 15 is 0 Å². The molecule has 0 aliphatic carbocycles. The average Bonchev–Trinajstić information content (AvgIpc) is 3.42. The molecule has 3 aliphatic heterocycles. The van der Waals surface area contributed by atoms with Gasteiger partial charge in [-0.2, -0.15) is 4.98 Å². The van der Waals surface area contributed by atoms with Gasteiger partial charge in [-0.25, -0.2) is 13.8 Å². The van der Waals surface area contributed by atoms with Crippen molar-refractivity contribution in [2.75, 3.05) is 29.1 Å². The summed E-state index contributed by atoms with van der Waals surface area (Å²) in [6.07, 6.45) is 2.43. The Labute approximate surface area is 198 Å². The fraction of sp³-hybridized carbons (Fsp3) is 0.320. The lowest BCUT2D eigenvalue weighted by Gasteiger charge is -2.32. The summed E-state index contributed by atoms with van der Waals surface area (Å²) in [5, 5.41) is 3.16. The molecule has 34 heavy (non-hydrogen) atoms. The summed E-state index contributed by atoms with van der Waals surface area (Å²) in [6, 6.07) is 11.1. The van der Waals surface area contributed by atoms with Crippen LogP contribution in [0, 0.1) is 17.6 Å². The lowest BCUT2D eigenvalue weighted by atomic mass is 9.88. The Bertz CT molecular complexity index is 1340. The zero-order valence-corrected chi connectivity index (χ0v) is 19.2. The van der Waals surface area contributed by atoms with Crippen molar-refractivity contribution in [1.82, 2.24) is 9.97 Å². The number of aryl methyl sites for hydroxylation is 1. The maximum absolute atomic E-state index is 13.7. The number of rotatable bonds is 4. The summed E-state index contributed by atoms with van der Waals surface area (Å²) in [5.74, 6) is 1.36. The molecule has 1 atom stereocenters. The van der Waals surface area contributed by atoms with Gasteiger partial charge in [0.1, 0.15) is 16.5 Å². The summed E-state index contributed by atoms with van der Waals surface area (Å²) in [7, 11) is -1.17. The van der Waals surface area contributed by atoms with Crippen LogP contribution in [0.2, 0.25) is 0 Å². The summed E-state index contributed by atoms with van der Waals surface area (Å²) in [4.78, 5) is 17.0. The van der Waals surface area contributed by atoms with E-state index in [1.165, 1.54) is 18.2 Å². The number of fused-ring (bicyclic) bond motifs is 2. The van der Waals surface area contributed by atoms with E-state index in [-0.39, 0.29) is 11.6 Å². The minimum Gasteiger partial charge on any atom is -0.341 e. The molecule has 0 bridgehead atoms. The number of benzene rings is 2. The molecule has 1 saturated heterocycles. The first-order valence-corrected chi connectivity index (χ1v) is 12.8. The lowest BCUT2D eigenvalue weighted by molar-refractivity contribution is 0.496. The predicted octanol–water partition coefficient (Wildman–Crippen LogP) is 4.38. The number of aromatic nitrogens is 2. The van der Waals surface area contributed by atoms with Crippen molar-refractivity contribution < 1.29 is 13.0 Å². The van der Waals surface area contributed by atoms with Crippen LogP contribution in [0.4, 0.5) is 26.2 Å². The minimum atomic E-state index is -1.17. The highest BCUT2D eigenvalue weighted by atomic mass is 32.2. The molecule has 0 saturated carbocycles. The van der Waals surface area contributed by atoms with Crippen molar-refractivity contribution in [2.24, 2.45) is 10.9 Å². The molecule has 9 heteroatoms. The van der Waals surface area contributed by atoms with Crippen molar-refractivity contribution in [3.63, 3.8) is 0 Å². The van der Waals surface area contributed by atoms with Gasteiger partial charge in [0.25, 0.3) is 0 Å². The van der Waals surface area contributed by atoms with Gasteiger partial charge in [-0.3, -0.25) is 9.20 Å². The van der Waals surface area contributed by atoms with Crippen LogP contribution in [-0.2, 0) is 23.8 Å². The van der Waals surface area contributed by atoms with E-state index in [1.807, 2.05) is 6.07 Å². The molecule has 4 heterocycles. The smallest absolute Gasteiger partial charge is 0.227 e. The molecule has 2 aromatic carbocycles. The van der Waals surface area contributed by atoms with Gasteiger partial charge in [0.2, 0.25) is 5.95 Å². The highest BCUT2D eigenvalue weighted by Gasteiger charge is 2.31. The van der Waals surface area contributed by atoms with Gasteiger partial charge in [-0.1, -0.05) is 6.07 Å². The lowest BCUT2D eigenvalue weighted by Crippen LogP contribution is -2.37. The zero-order chi connectivity index (χ0) is 23.2.